The molecule has 3 nitrogen and oxygen atoms in total. The van der Waals surface area contributed by atoms with E-state index in [1.54, 1.807) is 14.2 Å². The molecule has 0 aliphatic heterocycles. The van der Waals surface area contributed by atoms with Crippen LogP contribution in [0.4, 0.5) is 0 Å². The zero-order valence-electron chi connectivity index (χ0n) is 12.6. The van der Waals surface area contributed by atoms with Crippen molar-refractivity contribution in [2.75, 3.05) is 20.8 Å². The minimum Gasteiger partial charge on any atom is -0.493 e. The van der Waals surface area contributed by atoms with Gasteiger partial charge in [-0.3, -0.25) is 0 Å². The Hall–Kier alpha value is -0.930. The standard InChI is InChI=1S/C16H24ClNO2/c1-11-13(17)9-12(15(20-3)14(11)19-2)16(10-18)7-5-4-6-8-16/h9H,4-8,10,18H2,1-3H3. The lowest BCUT2D eigenvalue weighted by molar-refractivity contribution is 0.281. The molecule has 1 aromatic carbocycles. The van der Waals surface area contributed by atoms with Gasteiger partial charge in [-0.1, -0.05) is 30.9 Å². The SMILES string of the molecule is COc1c(C2(CN)CCCCC2)cc(Cl)c(C)c1OC. The van der Waals surface area contributed by atoms with Gasteiger partial charge in [0, 0.05) is 28.1 Å². The molecule has 2 N–H and O–H groups in total. The highest BCUT2D eigenvalue weighted by Crippen LogP contribution is 2.48. The van der Waals surface area contributed by atoms with Crippen LogP contribution in [-0.2, 0) is 5.41 Å². The summed E-state index contributed by atoms with van der Waals surface area (Å²) in [6, 6.07) is 2.02. The molecule has 0 radical (unpaired) electrons. The Labute approximate surface area is 126 Å². The number of halogens is 1. The summed E-state index contributed by atoms with van der Waals surface area (Å²) in [7, 11) is 3.34. The minimum atomic E-state index is -0.0335. The molecule has 0 amide bonds. The summed E-state index contributed by atoms with van der Waals surface area (Å²) in [5.74, 6) is 1.52. The Morgan fingerprint density at radius 2 is 1.75 bits per heavy atom. The molecule has 0 unspecified atom stereocenters. The van der Waals surface area contributed by atoms with Gasteiger partial charge in [-0.2, -0.15) is 0 Å². The largest absolute Gasteiger partial charge is 0.493 e. The average Bonchev–Trinajstić information content (AvgIpc) is 2.49. The maximum Gasteiger partial charge on any atom is 0.165 e. The molecule has 2 rings (SSSR count). The Morgan fingerprint density at radius 3 is 2.25 bits per heavy atom. The molecule has 0 heterocycles. The predicted octanol–water partition coefficient (Wildman–Crippen LogP) is 3.83. The fourth-order valence-electron chi connectivity index (χ4n) is 3.36. The van der Waals surface area contributed by atoms with Crippen LogP contribution in [0.1, 0.15) is 43.2 Å². The van der Waals surface area contributed by atoms with Crippen molar-refractivity contribution in [1.82, 2.24) is 0 Å². The van der Waals surface area contributed by atoms with Gasteiger partial charge in [-0.15, -0.1) is 0 Å². The quantitative estimate of drug-likeness (QED) is 0.918. The van der Waals surface area contributed by atoms with E-state index >= 15 is 0 Å². The Bertz CT molecular complexity index is 482. The minimum absolute atomic E-state index is 0.0335. The van der Waals surface area contributed by atoms with E-state index in [9.17, 15) is 0 Å². The van der Waals surface area contributed by atoms with Crippen molar-refractivity contribution in [3.05, 3.63) is 22.2 Å². The number of hydrogen-bond acceptors (Lipinski definition) is 3. The molecular formula is C16H24ClNO2. The summed E-state index contributed by atoms with van der Waals surface area (Å²) in [5.41, 5.74) is 8.12. The van der Waals surface area contributed by atoms with Crippen molar-refractivity contribution < 1.29 is 9.47 Å². The van der Waals surface area contributed by atoms with Gasteiger partial charge in [0.2, 0.25) is 0 Å². The van der Waals surface area contributed by atoms with Gasteiger partial charge < -0.3 is 15.2 Å². The van der Waals surface area contributed by atoms with Crippen molar-refractivity contribution in [3.8, 4) is 11.5 Å². The second-order valence-corrected chi connectivity index (χ2v) is 6.05. The number of benzene rings is 1. The third-order valence-electron chi connectivity index (χ3n) is 4.60. The van der Waals surface area contributed by atoms with Crippen LogP contribution in [0.2, 0.25) is 5.02 Å². The summed E-state index contributed by atoms with van der Waals surface area (Å²) in [5, 5.41) is 0.719. The first kappa shape index (κ1) is 15.5. The highest BCUT2D eigenvalue weighted by molar-refractivity contribution is 6.31. The van der Waals surface area contributed by atoms with E-state index in [2.05, 4.69) is 0 Å². The second kappa shape index (κ2) is 6.23. The predicted molar refractivity (Wildman–Crippen MR) is 83.1 cm³/mol. The lowest BCUT2D eigenvalue weighted by atomic mass is 9.69. The molecule has 1 aliphatic rings. The lowest BCUT2D eigenvalue weighted by Gasteiger charge is -2.38. The van der Waals surface area contributed by atoms with Crippen LogP contribution >= 0.6 is 11.6 Å². The first-order valence-corrected chi connectivity index (χ1v) is 7.59. The van der Waals surface area contributed by atoms with Gasteiger partial charge in [0.25, 0.3) is 0 Å². The molecule has 1 aliphatic carbocycles. The number of rotatable bonds is 4. The number of methoxy groups -OCH3 is 2. The van der Waals surface area contributed by atoms with E-state index in [-0.39, 0.29) is 5.41 Å². The topological polar surface area (TPSA) is 44.5 Å². The lowest BCUT2D eigenvalue weighted by Crippen LogP contribution is -2.37. The smallest absolute Gasteiger partial charge is 0.165 e. The van der Waals surface area contributed by atoms with Crippen molar-refractivity contribution in [2.45, 2.75) is 44.4 Å². The molecular weight excluding hydrogens is 274 g/mol. The van der Waals surface area contributed by atoms with Crippen LogP contribution < -0.4 is 15.2 Å². The van der Waals surface area contributed by atoms with Crippen LogP contribution in [0.25, 0.3) is 0 Å². The highest BCUT2D eigenvalue weighted by atomic mass is 35.5. The van der Waals surface area contributed by atoms with E-state index in [4.69, 9.17) is 26.8 Å². The molecule has 1 saturated carbocycles. The molecule has 20 heavy (non-hydrogen) atoms. The number of hydrogen-bond donors (Lipinski definition) is 1. The monoisotopic (exact) mass is 297 g/mol. The van der Waals surface area contributed by atoms with Crippen LogP contribution in [-0.4, -0.2) is 20.8 Å². The van der Waals surface area contributed by atoms with E-state index < -0.39 is 0 Å². The van der Waals surface area contributed by atoms with Gasteiger partial charge in [0.1, 0.15) is 0 Å². The van der Waals surface area contributed by atoms with Crippen molar-refractivity contribution >= 4 is 11.6 Å². The van der Waals surface area contributed by atoms with Crippen molar-refractivity contribution in [1.29, 1.82) is 0 Å². The summed E-state index contributed by atoms with van der Waals surface area (Å²) < 4.78 is 11.2. The molecule has 4 heteroatoms. The molecule has 0 atom stereocenters. The summed E-state index contributed by atoms with van der Waals surface area (Å²) >= 11 is 6.39. The van der Waals surface area contributed by atoms with Crippen molar-refractivity contribution in [3.63, 3.8) is 0 Å². The van der Waals surface area contributed by atoms with E-state index in [0.717, 1.165) is 40.5 Å². The van der Waals surface area contributed by atoms with Gasteiger partial charge in [-0.05, 0) is 25.8 Å². The molecule has 0 spiro atoms. The summed E-state index contributed by atoms with van der Waals surface area (Å²) in [6.45, 7) is 2.56. The molecule has 0 aromatic heterocycles. The van der Waals surface area contributed by atoms with Gasteiger partial charge >= 0.3 is 0 Å². The Kier molecular flexibility index (Phi) is 4.82. The third kappa shape index (κ3) is 2.49. The third-order valence-corrected chi connectivity index (χ3v) is 4.99. The summed E-state index contributed by atoms with van der Waals surface area (Å²) in [4.78, 5) is 0. The van der Waals surface area contributed by atoms with Crippen LogP contribution in [0.3, 0.4) is 0 Å². The van der Waals surface area contributed by atoms with Crippen LogP contribution in [0.15, 0.2) is 6.07 Å². The van der Waals surface area contributed by atoms with Gasteiger partial charge in [-0.25, -0.2) is 0 Å². The van der Waals surface area contributed by atoms with Gasteiger partial charge in [0.15, 0.2) is 11.5 Å². The number of ether oxygens (including phenoxy) is 2. The molecule has 112 valence electrons. The maximum atomic E-state index is 6.39. The maximum absolute atomic E-state index is 6.39. The normalized spacial score (nSPS) is 17.9. The molecule has 1 fully saturated rings. The Morgan fingerprint density at radius 1 is 1.15 bits per heavy atom. The zero-order chi connectivity index (χ0) is 14.8. The first-order chi connectivity index (χ1) is 9.59. The molecule has 0 bridgehead atoms. The highest BCUT2D eigenvalue weighted by Gasteiger charge is 2.37. The molecule has 0 saturated heterocycles. The average molecular weight is 298 g/mol. The Balaban J connectivity index is 2.62. The van der Waals surface area contributed by atoms with E-state index in [1.807, 2.05) is 13.0 Å². The van der Waals surface area contributed by atoms with E-state index in [0.29, 0.717) is 6.54 Å². The zero-order valence-corrected chi connectivity index (χ0v) is 13.3. The fraction of sp³-hybridized carbons (Fsp3) is 0.625. The van der Waals surface area contributed by atoms with E-state index in [1.165, 1.54) is 19.3 Å². The molecule has 1 aromatic rings. The van der Waals surface area contributed by atoms with Crippen molar-refractivity contribution in [2.24, 2.45) is 5.73 Å². The fourth-order valence-corrected chi connectivity index (χ4v) is 3.55. The van der Waals surface area contributed by atoms with Crippen LogP contribution in [0.5, 0.6) is 11.5 Å². The van der Waals surface area contributed by atoms with Gasteiger partial charge in [0.05, 0.1) is 14.2 Å². The van der Waals surface area contributed by atoms with Crippen LogP contribution in [0, 0.1) is 6.92 Å². The number of nitrogens with two attached hydrogens (primary N) is 1. The summed E-state index contributed by atoms with van der Waals surface area (Å²) in [6.07, 6.45) is 5.86. The first-order valence-electron chi connectivity index (χ1n) is 7.21. The second-order valence-electron chi connectivity index (χ2n) is 5.64.